The molecule has 1 aliphatic rings. The largest absolute Gasteiger partial charge is 0.370 e. The number of rotatable bonds is 4. The summed E-state index contributed by atoms with van der Waals surface area (Å²) < 4.78 is 0. The van der Waals surface area contributed by atoms with E-state index in [0.717, 1.165) is 49.0 Å². The molecule has 0 saturated carbocycles. The zero-order chi connectivity index (χ0) is 13.5. The van der Waals surface area contributed by atoms with E-state index in [9.17, 15) is 0 Å². The van der Waals surface area contributed by atoms with E-state index in [1.807, 2.05) is 30.0 Å². The molecule has 0 amide bonds. The highest BCUT2D eigenvalue weighted by Gasteiger charge is 2.11. The summed E-state index contributed by atoms with van der Waals surface area (Å²) >= 11 is 8.09. The van der Waals surface area contributed by atoms with E-state index in [4.69, 9.17) is 17.3 Å². The average Bonchev–Trinajstić information content (AvgIpc) is 2.46. The van der Waals surface area contributed by atoms with E-state index in [-0.39, 0.29) is 24.0 Å². The van der Waals surface area contributed by atoms with Gasteiger partial charge in [-0.1, -0.05) is 29.8 Å². The van der Waals surface area contributed by atoms with Gasteiger partial charge in [0.2, 0.25) is 0 Å². The Morgan fingerprint density at radius 1 is 1.30 bits per heavy atom. The van der Waals surface area contributed by atoms with Gasteiger partial charge in [-0.05, 0) is 24.5 Å². The zero-order valence-electron chi connectivity index (χ0n) is 11.4. The molecule has 0 unspecified atom stereocenters. The molecule has 2 N–H and O–H groups in total. The molecule has 0 atom stereocenters. The van der Waals surface area contributed by atoms with Crippen LogP contribution in [0.25, 0.3) is 0 Å². The first-order chi connectivity index (χ1) is 9.27. The number of nitrogens with two attached hydrogens (primary N) is 1. The molecule has 1 aromatic rings. The molecule has 112 valence electrons. The van der Waals surface area contributed by atoms with Gasteiger partial charge in [-0.15, -0.1) is 24.0 Å². The van der Waals surface area contributed by atoms with Crippen LogP contribution in [-0.4, -0.2) is 42.0 Å². The SMILES string of the molecule is I.NC(=NCCCc1ccccc1Cl)N1CCSCC1. The van der Waals surface area contributed by atoms with Crippen LogP contribution < -0.4 is 5.73 Å². The van der Waals surface area contributed by atoms with Crippen molar-refractivity contribution in [3.8, 4) is 0 Å². The van der Waals surface area contributed by atoms with Gasteiger partial charge in [0.1, 0.15) is 0 Å². The maximum Gasteiger partial charge on any atom is 0.191 e. The number of hydrogen-bond donors (Lipinski definition) is 1. The van der Waals surface area contributed by atoms with Crippen molar-refractivity contribution in [1.29, 1.82) is 0 Å². The third-order valence-corrected chi connectivity index (χ3v) is 4.48. The molecule has 1 saturated heterocycles. The van der Waals surface area contributed by atoms with Crippen LogP contribution in [0, 0.1) is 0 Å². The molecule has 20 heavy (non-hydrogen) atoms. The molecule has 0 radical (unpaired) electrons. The Morgan fingerprint density at radius 3 is 2.70 bits per heavy atom. The van der Waals surface area contributed by atoms with Gasteiger partial charge < -0.3 is 10.6 Å². The first kappa shape index (κ1) is 17.9. The standard InChI is InChI=1S/C14H20ClN3S.HI/c15-13-6-2-1-4-12(13)5-3-7-17-14(16)18-8-10-19-11-9-18;/h1-2,4,6H,3,5,7-11H2,(H2,16,17);1H. The average molecular weight is 426 g/mol. The molecule has 1 aromatic carbocycles. The second-order valence-electron chi connectivity index (χ2n) is 4.53. The molecule has 0 spiro atoms. The van der Waals surface area contributed by atoms with Gasteiger partial charge in [-0.3, -0.25) is 4.99 Å². The van der Waals surface area contributed by atoms with Gasteiger partial charge >= 0.3 is 0 Å². The van der Waals surface area contributed by atoms with Gasteiger partial charge in [0.05, 0.1) is 0 Å². The maximum absolute atomic E-state index is 6.12. The molecule has 0 aliphatic carbocycles. The lowest BCUT2D eigenvalue weighted by molar-refractivity contribution is 0.455. The van der Waals surface area contributed by atoms with Crippen molar-refractivity contribution in [2.24, 2.45) is 10.7 Å². The molecule has 1 fully saturated rings. The molecular weight excluding hydrogens is 405 g/mol. The normalized spacial score (nSPS) is 15.8. The fourth-order valence-electron chi connectivity index (χ4n) is 2.06. The fraction of sp³-hybridized carbons (Fsp3) is 0.500. The van der Waals surface area contributed by atoms with Crippen molar-refractivity contribution < 1.29 is 0 Å². The van der Waals surface area contributed by atoms with Crippen LogP contribution in [-0.2, 0) is 6.42 Å². The summed E-state index contributed by atoms with van der Waals surface area (Å²) in [6, 6.07) is 7.97. The molecular formula is C14H21ClIN3S. The zero-order valence-corrected chi connectivity index (χ0v) is 15.3. The lowest BCUT2D eigenvalue weighted by atomic mass is 10.1. The van der Waals surface area contributed by atoms with Crippen molar-refractivity contribution in [3.63, 3.8) is 0 Å². The Hall–Kier alpha value is -0.140. The molecule has 1 heterocycles. The Labute approximate surface area is 147 Å². The summed E-state index contributed by atoms with van der Waals surface area (Å²) in [4.78, 5) is 6.63. The van der Waals surface area contributed by atoms with Crippen LogP contribution in [0.3, 0.4) is 0 Å². The molecule has 0 bridgehead atoms. The van der Waals surface area contributed by atoms with Crippen LogP contribution in [0.2, 0.25) is 5.02 Å². The van der Waals surface area contributed by atoms with E-state index in [0.29, 0.717) is 5.96 Å². The summed E-state index contributed by atoms with van der Waals surface area (Å²) in [6.07, 6.45) is 1.93. The first-order valence-electron chi connectivity index (χ1n) is 6.63. The molecule has 3 nitrogen and oxygen atoms in total. The van der Waals surface area contributed by atoms with E-state index >= 15 is 0 Å². The van der Waals surface area contributed by atoms with E-state index in [1.165, 1.54) is 5.56 Å². The van der Waals surface area contributed by atoms with Crippen molar-refractivity contribution >= 4 is 53.3 Å². The molecule has 1 aliphatic heterocycles. The number of hydrogen-bond acceptors (Lipinski definition) is 2. The van der Waals surface area contributed by atoms with E-state index in [1.54, 1.807) is 0 Å². The number of aliphatic imine (C=N–C) groups is 1. The second kappa shape index (κ2) is 9.73. The highest BCUT2D eigenvalue weighted by atomic mass is 127. The highest BCUT2D eigenvalue weighted by molar-refractivity contribution is 14.0. The second-order valence-corrected chi connectivity index (χ2v) is 6.17. The summed E-state index contributed by atoms with van der Waals surface area (Å²) in [5.41, 5.74) is 7.19. The summed E-state index contributed by atoms with van der Waals surface area (Å²) in [6.45, 7) is 2.80. The third kappa shape index (κ3) is 5.69. The Balaban J connectivity index is 0.00000200. The predicted molar refractivity (Wildman–Crippen MR) is 101 cm³/mol. The van der Waals surface area contributed by atoms with Crippen molar-refractivity contribution in [2.45, 2.75) is 12.8 Å². The Bertz CT molecular complexity index is 436. The minimum absolute atomic E-state index is 0. The van der Waals surface area contributed by atoms with Crippen LogP contribution >= 0.6 is 47.3 Å². The Morgan fingerprint density at radius 2 is 2.00 bits per heavy atom. The van der Waals surface area contributed by atoms with Crippen LogP contribution in [0.5, 0.6) is 0 Å². The fourth-order valence-corrected chi connectivity index (χ4v) is 3.19. The number of halogens is 2. The smallest absolute Gasteiger partial charge is 0.191 e. The minimum atomic E-state index is 0. The predicted octanol–water partition coefficient (Wildman–Crippen LogP) is 3.25. The van der Waals surface area contributed by atoms with Gasteiger partial charge in [-0.2, -0.15) is 11.8 Å². The molecule has 2 rings (SSSR count). The van der Waals surface area contributed by atoms with Crippen LogP contribution in [0.4, 0.5) is 0 Å². The van der Waals surface area contributed by atoms with Gasteiger partial charge in [0, 0.05) is 36.2 Å². The topological polar surface area (TPSA) is 41.6 Å². The van der Waals surface area contributed by atoms with E-state index < -0.39 is 0 Å². The van der Waals surface area contributed by atoms with Crippen molar-refractivity contribution in [2.75, 3.05) is 31.1 Å². The third-order valence-electron chi connectivity index (χ3n) is 3.17. The lowest BCUT2D eigenvalue weighted by Crippen LogP contribution is -2.42. The maximum atomic E-state index is 6.12. The van der Waals surface area contributed by atoms with E-state index in [2.05, 4.69) is 16.0 Å². The quantitative estimate of drug-likeness (QED) is 0.348. The number of aryl methyl sites for hydroxylation is 1. The number of guanidine groups is 1. The lowest BCUT2D eigenvalue weighted by Gasteiger charge is -2.27. The summed E-state index contributed by atoms with van der Waals surface area (Å²) in [7, 11) is 0. The molecule has 0 aromatic heterocycles. The van der Waals surface area contributed by atoms with Gasteiger partial charge in [0.15, 0.2) is 5.96 Å². The molecule has 6 heteroatoms. The first-order valence-corrected chi connectivity index (χ1v) is 8.16. The Kier molecular flexibility index (Phi) is 8.72. The summed E-state index contributed by atoms with van der Waals surface area (Å²) in [5, 5.41) is 0.840. The van der Waals surface area contributed by atoms with Crippen LogP contribution in [0.1, 0.15) is 12.0 Å². The summed E-state index contributed by atoms with van der Waals surface area (Å²) in [5.74, 6) is 2.99. The number of benzene rings is 1. The highest BCUT2D eigenvalue weighted by Crippen LogP contribution is 2.16. The number of thioether (sulfide) groups is 1. The van der Waals surface area contributed by atoms with Gasteiger partial charge in [0.25, 0.3) is 0 Å². The number of nitrogens with zero attached hydrogens (tertiary/aromatic N) is 2. The van der Waals surface area contributed by atoms with Crippen LogP contribution in [0.15, 0.2) is 29.3 Å². The minimum Gasteiger partial charge on any atom is -0.370 e. The van der Waals surface area contributed by atoms with Crippen molar-refractivity contribution in [1.82, 2.24) is 4.90 Å². The van der Waals surface area contributed by atoms with Crippen molar-refractivity contribution in [3.05, 3.63) is 34.9 Å². The van der Waals surface area contributed by atoms with Gasteiger partial charge in [-0.25, -0.2) is 0 Å². The monoisotopic (exact) mass is 425 g/mol.